The molecule has 0 aliphatic carbocycles. The third-order valence-electron chi connectivity index (χ3n) is 3.44. The lowest BCUT2D eigenvalue weighted by Crippen LogP contribution is -1.94. The normalized spacial score (nSPS) is 10.8. The van der Waals surface area contributed by atoms with Gasteiger partial charge in [-0.2, -0.15) is 0 Å². The van der Waals surface area contributed by atoms with Gasteiger partial charge in [-0.05, 0) is 29.7 Å². The molecule has 0 aliphatic rings. The molecule has 0 fully saturated rings. The van der Waals surface area contributed by atoms with Gasteiger partial charge in [-0.1, -0.05) is 30.3 Å². The summed E-state index contributed by atoms with van der Waals surface area (Å²) in [6, 6.07) is 17.9. The predicted octanol–water partition coefficient (Wildman–Crippen LogP) is 3.58. The smallest absolute Gasteiger partial charge is 0.118 e. The van der Waals surface area contributed by atoms with Crippen LogP contribution in [-0.4, -0.2) is 11.7 Å². The number of nitrogens with zero attached hydrogens (tertiary/aromatic N) is 1. The Morgan fingerprint density at radius 2 is 1.89 bits per heavy atom. The second-order valence-electron chi connectivity index (χ2n) is 4.72. The van der Waals surface area contributed by atoms with Gasteiger partial charge in [-0.15, -0.1) is 0 Å². The fraction of sp³-hybridized carbons (Fsp3) is 0.176. The van der Waals surface area contributed by atoms with Gasteiger partial charge in [-0.3, -0.25) is 0 Å². The number of ether oxygens (including phenoxy) is 1. The van der Waals surface area contributed by atoms with Gasteiger partial charge in [0, 0.05) is 24.7 Å². The van der Waals surface area contributed by atoms with Crippen LogP contribution >= 0.6 is 0 Å². The van der Waals surface area contributed by atoms with E-state index in [-0.39, 0.29) is 0 Å². The van der Waals surface area contributed by atoms with Gasteiger partial charge in [0.05, 0.1) is 12.6 Å². The number of hydrogen-bond donors (Lipinski definition) is 0. The van der Waals surface area contributed by atoms with Gasteiger partial charge in [0.1, 0.15) is 5.75 Å². The summed E-state index contributed by atoms with van der Waals surface area (Å²) in [4.78, 5) is 0. The van der Waals surface area contributed by atoms with Gasteiger partial charge < -0.3 is 9.30 Å². The van der Waals surface area contributed by atoms with Crippen LogP contribution in [0.3, 0.4) is 0 Å². The van der Waals surface area contributed by atoms with E-state index in [2.05, 4.69) is 48.0 Å². The van der Waals surface area contributed by atoms with Crippen LogP contribution in [0.2, 0.25) is 0 Å². The van der Waals surface area contributed by atoms with Crippen molar-refractivity contribution in [2.45, 2.75) is 6.42 Å². The number of para-hydroxylation sites is 1. The Kier molecular flexibility index (Phi) is 3.00. The molecule has 0 aliphatic heterocycles. The fourth-order valence-electron chi connectivity index (χ4n) is 2.46. The highest BCUT2D eigenvalue weighted by atomic mass is 16.5. The predicted molar refractivity (Wildman–Crippen MR) is 77.6 cm³/mol. The Hall–Kier alpha value is -2.22. The number of methoxy groups -OCH3 is 1. The van der Waals surface area contributed by atoms with Gasteiger partial charge >= 0.3 is 0 Å². The molecule has 1 radical (unpaired) electrons. The molecule has 0 atom stereocenters. The fourth-order valence-corrected chi connectivity index (χ4v) is 2.46. The second-order valence-corrected chi connectivity index (χ2v) is 4.72. The summed E-state index contributed by atoms with van der Waals surface area (Å²) in [6.45, 7) is 0. The van der Waals surface area contributed by atoms with Crippen molar-refractivity contribution in [3.8, 4) is 5.75 Å². The van der Waals surface area contributed by atoms with E-state index in [1.807, 2.05) is 18.3 Å². The summed E-state index contributed by atoms with van der Waals surface area (Å²) < 4.78 is 7.32. The zero-order valence-corrected chi connectivity index (χ0v) is 11.2. The van der Waals surface area contributed by atoms with Crippen molar-refractivity contribution in [3.63, 3.8) is 0 Å². The minimum atomic E-state index is 0.897. The maximum atomic E-state index is 5.19. The van der Waals surface area contributed by atoms with Crippen molar-refractivity contribution in [1.82, 2.24) is 4.57 Å². The maximum absolute atomic E-state index is 5.19. The van der Waals surface area contributed by atoms with Crippen LogP contribution in [0.15, 0.2) is 48.7 Å². The highest BCUT2D eigenvalue weighted by molar-refractivity contribution is 5.83. The van der Waals surface area contributed by atoms with Crippen LogP contribution in [-0.2, 0) is 13.5 Å². The van der Waals surface area contributed by atoms with E-state index < -0.39 is 0 Å². The highest BCUT2D eigenvalue weighted by Gasteiger charge is 2.05. The van der Waals surface area contributed by atoms with Crippen molar-refractivity contribution in [2.24, 2.45) is 7.05 Å². The topological polar surface area (TPSA) is 14.2 Å². The summed E-state index contributed by atoms with van der Waals surface area (Å²) in [5.41, 5.74) is 3.87. The van der Waals surface area contributed by atoms with E-state index in [1.54, 1.807) is 7.11 Å². The van der Waals surface area contributed by atoms with Crippen LogP contribution in [0.4, 0.5) is 0 Å². The van der Waals surface area contributed by atoms with E-state index in [0.29, 0.717) is 0 Å². The molecule has 1 heterocycles. The number of aryl methyl sites for hydroxylation is 1. The Morgan fingerprint density at radius 3 is 2.63 bits per heavy atom. The first kappa shape index (κ1) is 11.8. The van der Waals surface area contributed by atoms with Gasteiger partial charge in [0.15, 0.2) is 0 Å². The number of rotatable bonds is 3. The molecule has 0 N–H and O–H groups in total. The van der Waals surface area contributed by atoms with E-state index in [4.69, 9.17) is 4.74 Å². The molecule has 95 valence electrons. The molecular formula is C17H16NO. The standard InChI is InChI=1S/C17H16NO/c1-18-11-10-14-4-3-5-15(17(14)18)12-13-6-8-16(19-2)9-7-13/h3-9,11H,12H2,1-2H3. The maximum Gasteiger partial charge on any atom is 0.118 e. The van der Waals surface area contributed by atoms with Crippen molar-refractivity contribution >= 4 is 10.9 Å². The van der Waals surface area contributed by atoms with Gasteiger partial charge in [-0.25, -0.2) is 0 Å². The Morgan fingerprint density at radius 1 is 1.11 bits per heavy atom. The van der Waals surface area contributed by atoms with Crippen molar-refractivity contribution in [2.75, 3.05) is 7.11 Å². The third-order valence-corrected chi connectivity index (χ3v) is 3.44. The molecule has 0 spiro atoms. The molecule has 0 amide bonds. The first-order chi connectivity index (χ1) is 9.28. The molecule has 2 nitrogen and oxygen atoms in total. The first-order valence-electron chi connectivity index (χ1n) is 6.35. The van der Waals surface area contributed by atoms with Crippen LogP contribution in [0.1, 0.15) is 11.1 Å². The summed E-state index contributed by atoms with van der Waals surface area (Å²) in [6.07, 6.45) is 2.91. The van der Waals surface area contributed by atoms with E-state index in [0.717, 1.165) is 12.2 Å². The van der Waals surface area contributed by atoms with Crippen molar-refractivity contribution in [3.05, 3.63) is 65.9 Å². The first-order valence-corrected chi connectivity index (χ1v) is 6.35. The van der Waals surface area contributed by atoms with Gasteiger partial charge in [0.2, 0.25) is 0 Å². The molecule has 3 rings (SSSR count). The molecule has 19 heavy (non-hydrogen) atoms. The highest BCUT2D eigenvalue weighted by Crippen LogP contribution is 2.22. The van der Waals surface area contributed by atoms with Crippen molar-refractivity contribution < 1.29 is 4.74 Å². The average Bonchev–Trinajstić information content (AvgIpc) is 2.83. The minimum Gasteiger partial charge on any atom is -0.497 e. The summed E-state index contributed by atoms with van der Waals surface area (Å²) in [5.74, 6) is 0.897. The molecule has 0 saturated carbocycles. The van der Waals surface area contributed by atoms with Crippen LogP contribution in [0.5, 0.6) is 5.75 Å². The summed E-state index contributed by atoms with van der Waals surface area (Å²) in [5, 5.41) is 1.17. The molecule has 1 aromatic heterocycles. The molecule has 2 heteroatoms. The van der Waals surface area contributed by atoms with E-state index in [9.17, 15) is 0 Å². The van der Waals surface area contributed by atoms with Crippen molar-refractivity contribution in [1.29, 1.82) is 0 Å². The van der Waals surface area contributed by atoms with E-state index >= 15 is 0 Å². The van der Waals surface area contributed by atoms with E-state index in [1.165, 1.54) is 22.0 Å². The molecule has 3 aromatic rings. The lowest BCUT2D eigenvalue weighted by molar-refractivity contribution is 0.414. The van der Waals surface area contributed by atoms with Crippen LogP contribution in [0.25, 0.3) is 10.9 Å². The molecule has 2 aromatic carbocycles. The lowest BCUT2D eigenvalue weighted by Gasteiger charge is -2.07. The Bertz CT molecular complexity index is 695. The second kappa shape index (κ2) is 4.81. The minimum absolute atomic E-state index is 0.897. The Balaban J connectivity index is 1.98. The molecule has 0 bridgehead atoms. The zero-order chi connectivity index (χ0) is 13.2. The lowest BCUT2D eigenvalue weighted by atomic mass is 10.0. The average molecular weight is 250 g/mol. The van der Waals surface area contributed by atoms with Crippen LogP contribution < -0.4 is 4.74 Å². The zero-order valence-electron chi connectivity index (χ0n) is 11.2. The number of aromatic nitrogens is 1. The monoisotopic (exact) mass is 250 g/mol. The third kappa shape index (κ3) is 2.22. The summed E-state index contributed by atoms with van der Waals surface area (Å²) in [7, 11) is 3.76. The van der Waals surface area contributed by atoms with Crippen LogP contribution in [0, 0.1) is 6.07 Å². The van der Waals surface area contributed by atoms with Gasteiger partial charge in [0.25, 0.3) is 0 Å². The summed E-state index contributed by atoms with van der Waals surface area (Å²) >= 11 is 0. The molecule has 0 unspecified atom stereocenters. The largest absolute Gasteiger partial charge is 0.497 e. The molecular weight excluding hydrogens is 234 g/mol. The number of hydrogen-bond acceptors (Lipinski definition) is 1. The molecule has 0 saturated heterocycles. The SMILES string of the molecule is COc1ccc(Cc2cccc3[c]cn(C)c23)cc1. The Labute approximate surface area is 113 Å². The quantitative estimate of drug-likeness (QED) is 0.693. The number of benzene rings is 2. The number of fused-ring (bicyclic) bond motifs is 1.